The molecule has 0 aromatic heterocycles. The minimum absolute atomic E-state index is 0.266. The maximum Gasteiger partial charge on any atom is 0.160 e. The second-order valence-corrected chi connectivity index (χ2v) is 15.4. The number of Topliss-reactive ketones (excluding diaryl/α,β-unsaturated/α-hetero) is 2. The number of ether oxygens (including phenoxy) is 1. The molecule has 3 heterocycles. The van der Waals surface area contributed by atoms with E-state index < -0.39 is 0 Å². The van der Waals surface area contributed by atoms with Gasteiger partial charge >= 0.3 is 0 Å². The molecule has 0 amide bonds. The predicted molar refractivity (Wildman–Crippen MR) is 195 cm³/mol. The summed E-state index contributed by atoms with van der Waals surface area (Å²) in [5.41, 5.74) is 3.39. The van der Waals surface area contributed by atoms with Gasteiger partial charge in [0.05, 0.1) is 9.81 Å². The van der Waals surface area contributed by atoms with E-state index in [-0.39, 0.29) is 11.6 Å². The van der Waals surface area contributed by atoms with Crippen molar-refractivity contribution in [1.29, 1.82) is 0 Å². The largest absolute Gasteiger partial charge is 0.464 e. The van der Waals surface area contributed by atoms with E-state index >= 15 is 0 Å². The summed E-state index contributed by atoms with van der Waals surface area (Å²) in [5.74, 6) is 3.15. The summed E-state index contributed by atoms with van der Waals surface area (Å²) in [7, 11) is 0. The van der Waals surface area contributed by atoms with E-state index in [1.54, 1.807) is 17.3 Å². The molecule has 2 saturated heterocycles. The zero-order valence-electron chi connectivity index (χ0n) is 28.5. The van der Waals surface area contributed by atoms with Crippen LogP contribution in [0.4, 0.5) is 0 Å². The Labute approximate surface area is 291 Å². The van der Waals surface area contributed by atoms with Gasteiger partial charge in [0.15, 0.2) is 11.6 Å². The summed E-state index contributed by atoms with van der Waals surface area (Å²) in [6, 6.07) is 0. The molecule has 7 aliphatic rings. The van der Waals surface area contributed by atoms with Crippen molar-refractivity contribution in [1.82, 2.24) is 19.6 Å². The Bertz CT molecular complexity index is 1480. The zero-order valence-corrected chi connectivity index (χ0v) is 29.4. The summed E-state index contributed by atoms with van der Waals surface area (Å²) < 4.78 is 6.37. The van der Waals surface area contributed by atoms with Gasteiger partial charge in [0.1, 0.15) is 11.5 Å². The van der Waals surface area contributed by atoms with Crippen LogP contribution in [0.25, 0.3) is 0 Å². The van der Waals surface area contributed by atoms with E-state index in [9.17, 15) is 9.59 Å². The van der Waals surface area contributed by atoms with Crippen LogP contribution in [0.1, 0.15) is 57.8 Å². The molecular weight excluding hydrogens is 617 g/mol. The van der Waals surface area contributed by atoms with Crippen LogP contribution in [-0.2, 0) is 14.3 Å². The van der Waals surface area contributed by atoms with Gasteiger partial charge in [0, 0.05) is 104 Å². The van der Waals surface area contributed by atoms with Gasteiger partial charge in [-0.1, -0.05) is 59.9 Å². The summed E-state index contributed by atoms with van der Waals surface area (Å²) in [4.78, 5) is 38.7. The fraction of sp³-hybridized carbons (Fsp3) is 0.550. The molecule has 2 fully saturated rings. The van der Waals surface area contributed by atoms with E-state index in [1.807, 2.05) is 0 Å². The first kappa shape index (κ1) is 33.7. The molecule has 7 rings (SSSR count). The summed E-state index contributed by atoms with van der Waals surface area (Å²) in [6.07, 6.45) is 27.5. The molecular formula is C40H52N4O3S. The number of hydrogen-bond donors (Lipinski definition) is 0. The van der Waals surface area contributed by atoms with Crippen molar-refractivity contribution in [2.45, 2.75) is 57.8 Å². The van der Waals surface area contributed by atoms with Crippen molar-refractivity contribution < 1.29 is 14.3 Å². The first-order valence-corrected chi connectivity index (χ1v) is 19.2. The van der Waals surface area contributed by atoms with Crippen LogP contribution in [0, 0.1) is 5.92 Å². The lowest BCUT2D eigenvalue weighted by Gasteiger charge is -2.36. The molecule has 0 radical (unpaired) electrons. The number of piperazine rings is 2. The van der Waals surface area contributed by atoms with Gasteiger partial charge in [-0.2, -0.15) is 0 Å². The van der Waals surface area contributed by atoms with Gasteiger partial charge in [-0.15, -0.1) is 0 Å². The standard InChI is InChI=1S/C40H52N4O3S/c45-35(15-17-41-19-23-43(24-20-41)29-31-7-3-1-4-8-31)33-11-13-37-39(27-33)48-40-28-34(12-14-38(40)47-37)36(46)16-18-42-21-25-44(26-22-42)30-32-9-5-2-6-10-32/h1-5,7,9,27-28,31H,6,8,10-26,29-30H2. The second-order valence-electron chi connectivity index (χ2n) is 14.3. The molecule has 8 heteroatoms. The smallest absolute Gasteiger partial charge is 0.160 e. The number of carbonyl (C=O) groups is 2. The van der Waals surface area contributed by atoms with Crippen LogP contribution in [0.15, 0.2) is 92.7 Å². The van der Waals surface area contributed by atoms with Crippen LogP contribution >= 0.6 is 11.8 Å². The second kappa shape index (κ2) is 16.3. The molecule has 0 aromatic rings. The zero-order chi connectivity index (χ0) is 32.7. The van der Waals surface area contributed by atoms with Crippen molar-refractivity contribution in [3.05, 3.63) is 92.7 Å². The average Bonchev–Trinajstić information content (AvgIpc) is 3.13. The number of carbonyl (C=O) groups excluding carboxylic acids is 2. The molecule has 1 unspecified atom stereocenters. The van der Waals surface area contributed by atoms with Gasteiger partial charge in [-0.3, -0.25) is 14.5 Å². The van der Waals surface area contributed by atoms with Crippen molar-refractivity contribution in [2.75, 3.05) is 78.5 Å². The fourth-order valence-electron chi connectivity index (χ4n) is 7.82. The quantitative estimate of drug-likeness (QED) is 0.245. The fourth-order valence-corrected chi connectivity index (χ4v) is 8.98. The lowest BCUT2D eigenvalue weighted by atomic mass is 9.96. The van der Waals surface area contributed by atoms with Crippen LogP contribution < -0.4 is 0 Å². The van der Waals surface area contributed by atoms with Crippen molar-refractivity contribution in [3.8, 4) is 0 Å². The van der Waals surface area contributed by atoms with Gasteiger partial charge in [0.2, 0.25) is 0 Å². The highest BCUT2D eigenvalue weighted by molar-refractivity contribution is 8.07. The molecule has 0 spiro atoms. The topological polar surface area (TPSA) is 56.3 Å². The molecule has 256 valence electrons. The Balaban J connectivity index is 0.843. The third kappa shape index (κ3) is 8.88. The number of nitrogens with zero attached hydrogens (tertiary/aromatic N) is 4. The Morgan fingerprint density at radius 2 is 1.29 bits per heavy atom. The number of hydrogen-bond acceptors (Lipinski definition) is 8. The maximum atomic E-state index is 13.3. The normalized spacial score (nSPS) is 25.7. The minimum atomic E-state index is 0.266. The minimum Gasteiger partial charge on any atom is -0.464 e. The molecule has 7 nitrogen and oxygen atoms in total. The molecule has 1 atom stereocenters. The lowest BCUT2D eigenvalue weighted by Crippen LogP contribution is -2.48. The Morgan fingerprint density at radius 1 is 0.688 bits per heavy atom. The van der Waals surface area contributed by atoms with E-state index in [4.69, 9.17) is 4.74 Å². The Morgan fingerprint density at radius 3 is 1.85 bits per heavy atom. The van der Waals surface area contributed by atoms with Crippen molar-refractivity contribution >= 4 is 23.3 Å². The van der Waals surface area contributed by atoms with Crippen LogP contribution in [0.3, 0.4) is 0 Å². The van der Waals surface area contributed by atoms with Crippen LogP contribution in [0.5, 0.6) is 0 Å². The van der Waals surface area contributed by atoms with Gasteiger partial charge in [-0.05, 0) is 61.3 Å². The highest BCUT2D eigenvalue weighted by Crippen LogP contribution is 2.46. The SMILES string of the molecule is O=C(CCN1CCN(CC2=CC=CCC2)CC1)C1=CC2=C(CC1)OC1=C(C=C(C(=O)CCN3CCN(CC4C=CC=CC4)CC3)CC1)S2. The lowest BCUT2D eigenvalue weighted by molar-refractivity contribution is -0.116. The summed E-state index contributed by atoms with van der Waals surface area (Å²) in [5, 5.41) is 0. The summed E-state index contributed by atoms with van der Waals surface area (Å²) in [6.45, 7) is 12.3. The molecule has 0 aromatic carbocycles. The molecule has 4 aliphatic carbocycles. The molecule has 48 heavy (non-hydrogen) atoms. The van der Waals surface area contributed by atoms with Gasteiger partial charge in [0.25, 0.3) is 0 Å². The monoisotopic (exact) mass is 668 g/mol. The molecule has 0 bridgehead atoms. The number of thioether (sulfide) groups is 1. The van der Waals surface area contributed by atoms with E-state index in [1.165, 1.54) is 12.8 Å². The van der Waals surface area contributed by atoms with Gasteiger partial charge < -0.3 is 19.4 Å². The number of ketones is 2. The highest BCUT2D eigenvalue weighted by atomic mass is 32.2. The van der Waals surface area contributed by atoms with Crippen LogP contribution in [0.2, 0.25) is 0 Å². The van der Waals surface area contributed by atoms with Crippen molar-refractivity contribution in [2.24, 2.45) is 5.92 Å². The third-order valence-corrected chi connectivity index (χ3v) is 12.0. The Kier molecular flexibility index (Phi) is 11.5. The molecule has 3 aliphatic heterocycles. The number of allylic oxidation sites excluding steroid dienone is 12. The maximum absolute atomic E-state index is 13.3. The van der Waals surface area contributed by atoms with Crippen molar-refractivity contribution in [3.63, 3.8) is 0 Å². The van der Waals surface area contributed by atoms with E-state index in [0.29, 0.717) is 18.8 Å². The average molecular weight is 669 g/mol. The first-order chi connectivity index (χ1) is 23.6. The third-order valence-electron chi connectivity index (χ3n) is 10.9. The molecule has 0 saturated carbocycles. The van der Waals surface area contributed by atoms with E-state index in [0.717, 1.165) is 143 Å². The Hall–Kier alpha value is -2.75. The summed E-state index contributed by atoms with van der Waals surface area (Å²) >= 11 is 1.69. The highest BCUT2D eigenvalue weighted by Gasteiger charge is 2.30. The van der Waals surface area contributed by atoms with Crippen LogP contribution in [-0.4, -0.2) is 110 Å². The number of rotatable bonds is 12. The molecule has 0 N–H and O–H groups in total. The van der Waals surface area contributed by atoms with Gasteiger partial charge in [-0.25, -0.2) is 0 Å². The predicted octanol–water partition coefficient (Wildman–Crippen LogP) is 6.18. The first-order valence-electron chi connectivity index (χ1n) is 18.4. The van der Waals surface area contributed by atoms with E-state index in [2.05, 4.69) is 74.3 Å².